The van der Waals surface area contributed by atoms with Gasteiger partial charge in [-0.25, -0.2) is 0 Å². The standard InChI is InChI=1S/C21H27NO2S/c1-17-8-6-9-19(14-17)15-25-16-21(23)22-12-7-13-24-18(2)20-10-4-3-5-11-20/h3-6,8-11,14,18H,7,12-13,15-16H2,1-2H3,(H,22,23). The lowest BCUT2D eigenvalue weighted by molar-refractivity contribution is -0.118. The van der Waals surface area contributed by atoms with Crippen molar-refractivity contribution in [2.45, 2.75) is 32.1 Å². The lowest BCUT2D eigenvalue weighted by atomic mass is 10.1. The molecule has 0 bridgehead atoms. The van der Waals surface area contributed by atoms with E-state index in [-0.39, 0.29) is 12.0 Å². The second-order valence-electron chi connectivity index (χ2n) is 6.11. The number of nitrogens with one attached hydrogen (secondary N) is 1. The average molecular weight is 358 g/mol. The van der Waals surface area contributed by atoms with E-state index in [1.165, 1.54) is 16.7 Å². The highest BCUT2D eigenvalue weighted by atomic mass is 32.2. The van der Waals surface area contributed by atoms with Crippen LogP contribution < -0.4 is 5.32 Å². The second-order valence-corrected chi connectivity index (χ2v) is 7.09. The van der Waals surface area contributed by atoms with Gasteiger partial charge in [0.05, 0.1) is 11.9 Å². The first kappa shape index (κ1) is 19.5. The first-order chi connectivity index (χ1) is 12.1. The first-order valence-electron chi connectivity index (χ1n) is 8.71. The van der Waals surface area contributed by atoms with E-state index in [4.69, 9.17) is 4.74 Å². The zero-order chi connectivity index (χ0) is 17.9. The van der Waals surface area contributed by atoms with Crippen molar-refractivity contribution in [2.24, 2.45) is 0 Å². The molecule has 0 radical (unpaired) electrons. The summed E-state index contributed by atoms with van der Waals surface area (Å²) >= 11 is 1.65. The summed E-state index contributed by atoms with van der Waals surface area (Å²) in [5, 5.41) is 2.95. The summed E-state index contributed by atoms with van der Waals surface area (Å²) in [5.74, 6) is 1.45. The molecular weight excluding hydrogens is 330 g/mol. The molecular formula is C21H27NO2S. The molecule has 2 aromatic rings. The predicted octanol–water partition coefficient (Wildman–Crippen LogP) is 4.51. The molecule has 0 aliphatic heterocycles. The first-order valence-corrected chi connectivity index (χ1v) is 9.87. The Morgan fingerprint density at radius 2 is 1.96 bits per heavy atom. The van der Waals surface area contributed by atoms with Crippen LogP contribution in [0, 0.1) is 6.92 Å². The van der Waals surface area contributed by atoms with Crippen molar-refractivity contribution in [3.63, 3.8) is 0 Å². The zero-order valence-electron chi connectivity index (χ0n) is 15.0. The Labute approximate surface area is 155 Å². The highest BCUT2D eigenvalue weighted by Gasteiger charge is 2.05. The number of benzene rings is 2. The van der Waals surface area contributed by atoms with Gasteiger partial charge in [-0.3, -0.25) is 4.79 Å². The number of ether oxygens (including phenoxy) is 1. The van der Waals surface area contributed by atoms with Crippen molar-refractivity contribution in [3.8, 4) is 0 Å². The van der Waals surface area contributed by atoms with Crippen LogP contribution in [-0.2, 0) is 15.3 Å². The maximum absolute atomic E-state index is 11.8. The fraction of sp³-hybridized carbons (Fsp3) is 0.381. The van der Waals surface area contributed by atoms with Gasteiger partial charge in [0.1, 0.15) is 0 Å². The van der Waals surface area contributed by atoms with E-state index < -0.39 is 0 Å². The maximum Gasteiger partial charge on any atom is 0.230 e. The summed E-state index contributed by atoms with van der Waals surface area (Å²) in [6.07, 6.45) is 0.910. The van der Waals surface area contributed by atoms with Gasteiger partial charge in [0.2, 0.25) is 5.91 Å². The minimum Gasteiger partial charge on any atom is -0.374 e. The molecule has 0 fully saturated rings. The van der Waals surface area contributed by atoms with Crippen molar-refractivity contribution in [2.75, 3.05) is 18.9 Å². The third kappa shape index (κ3) is 7.76. The highest BCUT2D eigenvalue weighted by molar-refractivity contribution is 7.99. The summed E-state index contributed by atoms with van der Waals surface area (Å²) in [5.41, 5.74) is 3.70. The molecule has 0 saturated heterocycles. The van der Waals surface area contributed by atoms with Crippen molar-refractivity contribution >= 4 is 17.7 Å². The Bertz CT molecular complexity index is 645. The second kappa shape index (κ2) is 11.0. The number of rotatable bonds is 10. The van der Waals surface area contributed by atoms with Crippen molar-refractivity contribution in [1.29, 1.82) is 0 Å². The quantitative estimate of drug-likeness (QED) is 0.636. The summed E-state index contributed by atoms with van der Waals surface area (Å²) in [4.78, 5) is 11.8. The average Bonchev–Trinajstić information content (AvgIpc) is 2.62. The van der Waals surface area contributed by atoms with Gasteiger partial charge in [0, 0.05) is 18.9 Å². The van der Waals surface area contributed by atoms with E-state index >= 15 is 0 Å². The van der Waals surface area contributed by atoms with E-state index in [0.29, 0.717) is 18.9 Å². The van der Waals surface area contributed by atoms with Crippen LogP contribution in [0.4, 0.5) is 0 Å². The maximum atomic E-state index is 11.8. The highest BCUT2D eigenvalue weighted by Crippen LogP contribution is 2.16. The number of thioether (sulfide) groups is 1. The largest absolute Gasteiger partial charge is 0.374 e. The molecule has 2 rings (SSSR count). The fourth-order valence-corrected chi connectivity index (χ4v) is 3.30. The summed E-state index contributed by atoms with van der Waals surface area (Å²) in [6, 6.07) is 18.6. The number of hydrogen-bond acceptors (Lipinski definition) is 3. The summed E-state index contributed by atoms with van der Waals surface area (Å²) < 4.78 is 5.80. The van der Waals surface area contributed by atoms with E-state index in [1.54, 1.807) is 11.8 Å². The van der Waals surface area contributed by atoms with Gasteiger partial charge in [-0.1, -0.05) is 60.2 Å². The van der Waals surface area contributed by atoms with Crippen molar-refractivity contribution in [3.05, 3.63) is 71.3 Å². The Morgan fingerprint density at radius 3 is 2.72 bits per heavy atom. The summed E-state index contributed by atoms with van der Waals surface area (Å²) in [6.45, 7) is 5.44. The van der Waals surface area contributed by atoms with Crippen LogP contribution in [0.2, 0.25) is 0 Å². The molecule has 1 N–H and O–H groups in total. The molecule has 0 aromatic heterocycles. The third-order valence-corrected chi connectivity index (χ3v) is 4.87. The zero-order valence-corrected chi connectivity index (χ0v) is 15.9. The van der Waals surface area contributed by atoms with Gasteiger partial charge in [-0.15, -0.1) is 11.8 Å². The molecule has 0 aliphatic rings. The SMILES string of the molecule is Cc1cccc(CSCC(=O)NCCCOC(C)c2ccccc2)c1. The van der Waals surface area contributed by atoms with E-state index in [2.05, 4.69) is 55.6 Å². The topological polar surface area (TPSA) is 38.3 Å². The smallest absolute Gasteiger partial charge is 0.230 e. The van der Waals surface area contributed by atoms with Crippen LogP contribution in [0.5, 0.6) is 0 Å². The van der Waals surface area contributed by atoms with Gasteiger partial charge in [0.15, 0.2) is 0 Å². The monoisotopic (exact) mass is 357 g/mol. The van der Waals surface area contributed by atoms with E-state index in [1.807, 2.05) is 18.2 Å². The van der Waals surface area contributed by atoms with Crippen LogP contribution in [-0.4, -0.2) is 24.8 Å². The number of carbonyl (C=O) groups is 1. The Kier molecular flexibility index (Phi) is 8.56. The molecule has 1 amide bonds. The Balaban J connectivity index is 1.52. The molecule has 0 heterocycles. The van der Waals surface area contributed by atoms with Gasteiger partial charge < -0.3 is 10.1 Å². The number of amides is 1. The predicted molar refractivity (Wildman–Crippen MR) is 106 cm³/mol. The molecule has 1 unspecified atom stereocenters. The molecule has 134 valence electrons. The van der Waals surface area contributed by atoms with Crippen LogP contribution in [0.3, 0.4) is 0 Å². The molecule has 0 spiro atoms. The summed E-state index contributed by atoms with van der Waals surface area (Å²) in [7, 11) is 0. The normalized spacial score (nSPS) is 11.9. The lowest BCUT2D eigenvalue weighted by Gasteiger charge is -2.13. The molecule has 1 atom stereocenters. The van der Waals surface area contributed by atoms with E-state index in [0.717, 1.165) is 12.2 Å². The van der Waals surface area contributed by atoms with Crippen LogP contribution >= 0.6 is 11.8 Å². The number of carbonyl (C=O) groups excluding carboxylic acids is 1. The molecule has 3 nitrogen and oxygen atoms in total. The fourth-order valence-electron chi connectivity index (χ4n) is 2.49. The molecule has 2 aromatic carbocycles. The third-order valence-electron chi connectivity index (χ3n) is 3.86. The number of hydrogen-bond donors (Lipinski definition) is 1. The van der Waals surface area contributed by atoms with Crippen molar-refractivity contribution < 1.29 is 9.53 Å². The van der Waals surface area contributed by atoms with Gasteiger partial charge >= 0.3 is 0 Å². The molecule has 0 aliphatic carbocycles. The molecule has 4 heteroatoms. The number of aryl methyl sites for hydroxylation is 1. The van der Waals surface area contributed by atoms with Gasteiger partial charge in [0.25, 0.3) is 0 Å². The van der Waals surface area contributed by atoms with Gasteiger partial charge in [-0.2, -0.15) is 0 Å². The van der Waals surface area contributed by atoms with Crippen molar-refractivity contribution in [1.82, 2.24) is 5.32 Å². The van der Waals surface area contributed by atoms with Crippen LogP contribution in [0.25, 0.3) is 0 Å². The lowest BCUT2D eigenvalue weighted by Crippen LogP contribution is -2.27. The Morgan fingerprint density at radius 1 is 1.16 bits per heavy atom. The van der Waals surface area contributed by atoms with Crippen LogP contribution in [0.1, 0.15) is 36.1 Å². The van der Waals surface area contributed by atoms with E-state index in [9.17, 15) is 4.79 Å². The Hall–Kier alpha value is -1.78. The van der Waals surface area contributed by atoms with Gasteiger partial charge in [-0.05, 0) is 31.4 Å². The minimum absolute atomic E-state index is 0.0850. The molecule has 25 heavy (non-hydrogen) atoms. The minimum atomic E-state index is 0.0850. The molecule has 0 saturated carbocycles. The van der Waals surface area contributed by atoms with Crippen LogP contribution in [0.15, 0.2) is 54.6 Å².